The van der Waals surface area contributed by atoms with Gasteiger partial charge in [0.1, 0.15) is 0 Å². The van der Waals surface area contributed by atoms with Gasteiger partial charge in [0.2, 0.25) is 0 Å². The molecule has 3 heteroatoms. The molecule has 2 aromatic heterocycles. The first-order chi connectivity index (χ1) is 31.7. The van der Waals surface area contributed by atoms with Crippen molar-refractivity contribution in [2.45, 2.75) is 6.92 Å². The van der Waals surface area contributed by atoms with Gasteiger partial charge in [-0.05, 0) is 118 Å². The van der Waals surface area contributed by atoms with Crippen LogP contribution in [0.2, 0.25) is 0 Å². The Morgan fingerprint density at radius 1 is 0.391 bits per heavy atom. The van der Waals surface area contributed by atoms with Gasteiger partial charge in [0.15, 0.2) is 0 Å². The number of thiophene rings is 1. The zero-order valence-corrected chi connectivity index (χ0v) is 36.1. The van der Waals surface area contributed by atoms with Crippen LogP contribution >= 0.6 is 11.3 Å². The number of fused-ring (bicyclic) bond motifs is 6. The van der Waals surface area contributed by atoms with Gasteiger partial charge < -0.3 is 9.47 Å². The first kappa shape index (κ1) is 37.8. The molecule has 0 fully saturated rings. The highest BCUT2D eigenvalue weighted by atomic mass is 32.1. The van der Waals surface area contributed by atoms with E-state index in [-0.39, 0.29) is 0 Å². The lowest BCUT2D eigenvalue weighted by Gasteiger charge is -2.29. The predicted molar refractivity (Wildman–Crippen MR) is 275 cm³/mol. The van der Waals surface area contributed by atoms with Crippen LogP contribution in [0.4, 0.5) is 17.1 Å². The first-order valence-electron chi connectivity index (χ1n) is 21.9. The van der Waals surface area contributed by atoms with Gasteiger partial charge in [0, 0.05) is 48.0 Å². The maximum atomic E-state index is 2.49. The lowest BCUT2D eigenvalue weighted by atomic mass is 9.90. The molecule has 0 atom stereocenters. The summed E-state index contributed by atoms with van der Waals surface area (Å²) in [6, 6.07) is 86.4. The maximum Gasteiger partial charge on any atom is 0.0555 e. The molecule has 0 spiro atoms. The van der Waals surface area contributed by atoms with Crippen LogP contribution < -0.4 is 4.90 Å². The smallest absolute Gasteiger partial charge is 0.0555 e. The summed E-state index contributed by atoms with van der Waals surface area (Å²) in [7, 11) is 0. The molecule has 10 aromatic carbocycles. The molecule has 0 saturated heterocycles. The fraction of sp³-hybridized carbons (Fsp3) is 0.0164. The third kappa shape index (κ3) is 6.40. The molecule has 0 aliphatic carbocycles. The second kappa shape index (κ2) is 15.7. The lowest BCUT2D eigenvalue weighted by Crippen LogP contribution is -2.11. The Kier molecular flexibility index (Phi) is 9.28. The van der Waals surface area contributed by atoms with Crippen molar-refractivity contribution < 1.29 is 0 Å². The normalized spacial score (nSPS) is 11.5. The fourth-order valence-electron chi connectivity index (χ4n) is 9.83. The maximum absolute atomic E-state index is 2.49. The summed E-state index contributed by atoms with van der Waals surface area (Å²) in [5, 5.41) is 5.03. The molecule has 0 radical (unpaired) electrons. The number of nitrogens with zero attached hydrogens (tertiary/aromatic N) is 2. The third-order valence-corrected chi connectivity index (χ3v) is 13.9. The quantitative estimate of drug-likeness (QED) is 0.148. The SMILES string of the molecule is Cc1cc(N(c2ccc(-c3ccccc3)cc2)c2ccc(-c3cccc(-n4c5ccccc5c5ccccc54)c3)c3sc4ccccc4c23)cc(-c2ccccc2)c1-c1ccccc1. The first-order valence-corrected chi connectivity index (χ1v) is 22.7. The molecule has 12 aromatic rings. The van der Waals surface area contributed by atoms with E-state index in [1.165, 1.54) is 92.0 Å². The van der Waals surface area contributed by atoms with E-state index < -0.39 is 0 Å². The van der Waals surface area contributed by atoms with Crippen LogP contribution in [0, 0.1) is 6.92 Å². The minimum Gasteiger partial charge on any atom is -0.310 e. The van der Waals surface area contributed by atoms with Gasteiger partial charge in [-0.1, -0.05) is 176 Å². The summed E-state index contributed by atoms with van der Waals surface area (Å²) in [4.78, 5) is 2.49. The highest BCUT2D eigenvalue weighted by Crippen LogP contribution is 2.50. The summed E-state index contributed by atoms with van der Waals surface area (Å²) in [5.74, 6) is 0. The molecule has 0 saturated carbocycles. The molecule has 64 heavy (non-hydrogen) atoms. The Morgan fingerprint density at radius 2 is 0.953 bits per heavy atom. The molecular weight excluding hydrogens is 793 g/mol. The van der Waals surface area contributed by atoms with E-state index >= 15 is 0 Å². The van der Waals surface area contributed by atoms with Gasteiger partial charge in [-0.15, -0.1) is 11.3 Å². The van der Waals surface area contributed by atoms with Crippen LogP contribution in [0.3, 0.4) is 0 Å². The number of rotatable bonds is 8. The number of hydrogen-bond donors (Lipinski definition) is 0. The van der Waals surface area contributed by atoms with E-state index in [2.05, 4.69) is 253 Å². The van der Waals surface area contributed by atoms with Crippen molar-refractivity contribution in [3.05, 3.63) is 242 Å². The zero-order valence-electron chi connectivity index (χ0n) is 35.3. The minimum absolute atomic E-state index is 1.10. The fourth-order valence-corrected chi connectivity index (χ4v) is 11.1. The van der Waals surface area contributed by atoms with E-state index in [4.69, 9.17) is 0 Å². The van der Waals surface area contributed by atoms with Gasteiger partial charge in [-0.25, -0.2) is 0 Å². The van der Waals surface area contributed by atoms with Crippen molar-refractivity contribution in [3.63, 3.8) is 0 Å². The average Bonchev–Trinajstić information content (AvgIpc) is 3.92. The van der Waals surface area contributed by atoms with Crippen molar-refractivity contribution in [2.24, 2.45) is 0 Å². The molecule has 2 heterocycles. The van der Waals surface area contributed by atoms with Gasteiger partial charge >= 0.3 is 0 Å². The van der Waals surface area contributed by atoms with Crippen LogP contribution in [0.15, 0.2) is 237 Å². The lowest BCUT2D eigenvalue weighted by molar-refractivity contribution is 1.18. The topological polar surface area (TPSA) is 8.17 Å². The third-order valence-electron chi connectivity index (χ3n) is 12.7. The number of hydrogen-bond acceptors (Lipinski definition) is 2. The minimum atomic E-state index is 1.10. The molecule has 0 unspecified atom stereocenters. The average molecular weight is 835 g/mol. The summed E-state index contributed by atoms with van der Waals surface area (Å²) in [5.41, 5.74) is 17.8. The molecule has 0 bridgehead atoms. The molecule has 12 rings (SSSR count). The van der Waals surface area contributed by atoms with Crippen LogP contribution in [-0.4, -0.2) is 4.57 Å². The second-order valence-electron chi connectivity index (χ2n) is 16.5. The zero-order chi connectivity index (χ0) is 42.6. The highest BCUT2D eigenvalue weighted by molar-refractivity contribution is 7.26. The second-order valence-corrected chi connectivity index (χ2v) is 17.6. The summed E-state index contributed by atoms with van der Waals surface area (Å²) < 4.78 is 4.95. The molecule has 0 N–H and O–H groups in total. The number of aromatic nitrogens is 1. The van der Waals surface area contributed by atoms with Gasteiger partial charge in [0.25, 0.3) is 0 Å². The van der Waals surface area contributed by atoms with E-state index in [0.717, 1.165) is 22.7 Å². The van der Waals surface area contributed by atoms with Gasteiger partial charge in [-0.3, -0.25) is 0 Å². The molecule has 2 nitrogen and oxygen atoms in total. The summed E-state index contributed by atoms with van der Waals surface area (Å²) in [6.07, 6.45) is 0. The van der Waals surface area contributed by atoms with Crippen LogP contribution in [-0.2, 0) is 0 Å². The van der Waals surface area contributed by atoms with Crippen LogP contribution in [0.1, 0.15) is 5.56 Å². The van der Waals surface area contributed by atoms with E-state index in [1.807, 2.05) is 11.3 Å². The molecular formula is C61H42N2S. The Morgan fingerprint density at radius 3 is 1.64 bits per heavy atom. The standard InChI is InChI=1S/C61H42N2S/c1-41-38-49(40-54(44-20-7-3-8-21-44)59(41)45-22-9-4-10-23-45)62(47-34-32-43(33-35-47)42-18-5-2-6-19-42)57-37-36-50(61-60(57)53-28-13-16-31-58(53)64-61)46-24-17-25-48(39-46)63-55-29-14-11-26-51(55)52-27-12-15-30-56(52)63/h2-40H,1H3. The number of aryl methyl sites for hydroxylation is 1. The number of benzene rings is 10. The van der Waals surface area contributed by atoms with Crippen molar-refractivity contribution in [2.75, 3.05) is 4.90 Å². The molecule has 0 aliphatic rings. The van der Waals surface area contributed by atoms with E-state index in [1.54, 1.807) is 0 Å². The Labute approximate surface area is 377 Å². The van der Waals surface area contributed by atoms with Crippen LogP contribution in [0.5, 0.6) is 0 Å². The highest BCUT2D eigenvalue weighted by Gasteiger charge is 2.24. The van der Waals surface area contributed by atoms with Gasteiger partial charge in [-0.2, -0.15) is 0 Å². The van der Waals surface area contributed by atoms with Crippen molar-refractivity contribution >= 4 is 70.4 Å². The van der Waals surface area contributed by atoms with Gasteiger partial charge in [0.05, 0.1) is 16.7 Å². The molecule has 302 valence electrons. The number of para-hydroxylation sites is 2. The Hall–Kier alpha value is -7.98. The summed E-state index contributed by atoms with van der Waals surface area (Å²) in [6.45, 7) is 2.26. The Bertz CT molecular complexity index is 3610. The Balaban J connectivity index is 1.10. The van der Waals surface area contributed by atoms with E-state index in [0.29, 0.717) is 0 Å². The molecule has 0 amide bonds. The molecule has 0 aliphatic heterocycles. The monoisotopic (exact) mass is 834 g/mol. The summed E-state index contributed by atoms with van der Waals surface area (Å²) >= 11 is 1.88. The van der Waals surface area contributed by atoms with Crippen LogP contribution in [0.25, 0.3) is 92.2 Å². The predicted octanol–water partition coefficient (Wildman–Crippen LogP) is 17.6. The van der Waals surface area contributed by atoms with Crippen molar-refractivity contribution in [1.82, 2.24) is 4.57 Å². The van der Waals surface area contributed by atoms with E-state index in [9.17, 15) is 0 Å². The largest absolute Gasteiger partial charge is 0.310 e. The van der Waals surface area contributed by atoms with Crippen molar-refractivity contribution in [1.29, 1.82) is 0 Å². The number of anilines is 3. The van der Waals surface area contributed by atoms with Crippen molar-refractivity contribution in [3.8, 4) is 50.2 Å².